The number of anilines is 1. The minimum Gasteiger partial charge on any atom is -0.352 e. The summed E-state index contributed by atoms with van der Waals surface area (Å²) in [7, 11) is -1.47. The van der Waals surface area contributed by atoms with Crippen LogP contribution in [0.5, 0.6) is 0 Å². The molecule has 37 heavy (non-hydrogen) atoms. The highest BCUT2D eigenvalue weighted by Gasteiger charge is 2.34. The average molecular weight is 576 g/mol. The molecule has 8 nitrogen and oxygen atoms in total. The van der Waals surface area contributed by atoms with Gasteiger partial charge >= 0.3 is 10.2 Å². The number of hydrogen-bond donors (Lipinski definition) is 1. The first kappa shape index (κ1) is 30.8. The summed E-state index contributed by atoms with van der Waals surface area (Å²) in [6, 6.07) is 8.64. The molecule has 0 spiro atoms. The van der Waals surface area contributed by atoms with E-state index in [0.29, 0.717) is 17.0 Å². The molecule has 0 radical (unpaired) electrons. The Morgan fingerprint density at radius 3 is 2.14 bits per heavy atom. The number of carbonyl (C=O) groups excluding carboxylic acids is 2. The standard InChI is InChI=1S/C25H33Cl2FN4O4S/c1-6-17(3)29-25(34)23(7-2)31(15-18-8-13-21(26)22(27)14-18)24(33)16-32(37(35,36)30(4)5)20-11-9-19(28)10-12-20/h8-14,17,23H,6-7,15-16H2,1-5H3,(H,29,34)/t17-,23-/m1/s1. The Morgan fingerprint density at radius 1 is 1.00 bits per heavy atom. The molecule has 2 amide bonds. The maximum atomic E-state index is 13.8. The molecule has 0 aliphatic rings. The van der Waals surface area contributed by atoms with Crippen LogP contribution in [0.15, 0.2) is 42.5 Å². The molecule has 12 heteroatoms. The fraction of sp³-hybridized carbons (Fsp3) is 0.440. The summed E-state index contributed by atoms with van der Waals surface area (Å²) in [5.74, 6) is -1.52. The summed E-state index contributed by atoms with van der Waals surface area (Å²) < 4.78 is 41.7. The Morgan fingerprint density at radius 2 is 1.62 bits per heavy atom. The SMILES string of the molecule is CC[C@@H](C)NC(=O)[C@@H](CC)N(Cc1ccc(Cl)c(Cl)c1)C(=O)CN(c1ccc(F)cc1)S(=O)(=O)N(C)C. The second-order valence-corrected chi connectivity index (χ2v) is 11.7. The van der Waals surface area contributed by atoms with Crippen molar-refractivity contribution in [1.82, 2.24) is 14.5 Å². The van der Waals surface area contributed by atoms with Crippen LogP contribution in [0.25, 0.3) is 0 Å². The fourth-order valence-electron chi connectivity index (χ4n) is 3.52. The number of amides is 2. The monoisotopic (exact) mass is 574 g/mol. The number of hydrogen-bond acceptors (Lipinski definition) is 4. The molecule has 2 aromatic carbocycles. The highest BCUT2D eigenvalue weighted by atomic mass is 35.5. The maximum absolute atomic E-state index is 13.8. The quantitative estimate of drug-likeness (QED) is 0.405. The lowest BCUT2D eigenvalue weighted by molar-refractivity contribution is -0.140. The minimum atomic E-state index is -4.14. The summed E-state index contributed by atoms with van der Waals surface area (Å²) in [5.41, 5.74) is 0.719. The summed E-state index contributed by atoms with van der Waals surface area (Å²) in [6.45, 7) is 4.93. The van der Waals surface area contributed by atoms with Crippen LogP contribution in [0.4, 0.5) is 10.1 Å². The number of carbonyl (C=O) groups is 2. The first-order chi connectivity index (χ1) is 17.3. The highest BCUT2D eigenvalue weighted by Crippen LogP contribution is 2.25. The molecule has 0 bridgehead atoms. The van der Waals surface area contributed by atoms with E-state index in [0.717, 1.165) is 20.7 Å². The molecular formula is C25H33Cl2FN4O4S. The minimum absolute atomic E-state index is 0.0125. The number of rotatable bonds is 12. The van der Waals surface area contributed by atoms with Gasteiger partial charge in [-0.15, -0.1) is 0 Å². The third-order valence-electron chi connectivity index (χ3n) is 5.86. The van der Waals surface area contributed by atoms with E-state index in [9.17, 15) is 22.4 Å². The molecule has 2 atom stereocenters. The van der Waals surface area contributed by atoms with Crippen LogP contribution >= 0.6 is 23.2 Å². The number of halogens is 3. The summed E-state index contributed by atoms with van der Waals surface area (Å²) in [4.78, 5) is 28.3. The third kappa shape index (κ3) is 8.04. The van der Waals surface area contributed by atoms with Crippen LogP contribution in [0, 0.1) is 5.82 Å². The van der Waals surface area contributed by atoms with Gasteiger partial charge in [0, 0.05) is 26.7 Å². The van der Waals surface area contributed by atoms with Crippen molar-refractivity contribution in [3.8, 4) is 0 Å². The Balaban J connectivity index is 2.52. The van der Waals surface area contributed by atoms with Gasteiger partial charge in [0.2, 0.25) is 11.8 Å². The smallest absolute Gasteiger partial charge is 0.304 e. The molecule has 204 valence electrons. The molecule has 2 rings (SSSR count). The van der Waals surface area contributed by atoms with E-state index >= 15 is 0 Å². The van der Waals surface area contributed by atoms with Gasteiger partial charge in [0.1, 0.15) is 18.4 Å². The van der Waals surface area contributed by atoms with Crippen LogP contribution in [0.1, 0.15) is 39.2 Å². The lowest BCUT2D eigenvalue weighted by Crippen LogP contribution is -2.54. The Bertz CT molecular complexity index is 1200. The summed E-state index contributed by atoms with van der Waals surface area (Å²) >= 11 is 12.2. The van der Waals surface area contributed by atoms with Crippen molar-refractivity contribution in [3.63, 3.8) is 0 Å². The van der Waals surface area contributed by atoms with Crippen molar-refractivity contribution < 1.29 is 22.4 Å². The second-order valence-electron chi connectivity index (χ2n) is 8.79. The van der Waals surface area contributed by atoms with Crippen LogP contribution in [-0.4, -0.2) is 62.2 Å². The first-order valence-corrected chi connectivity index (χ1v) is 14.0. The fourth-order valence-corrected chi connectivity index (χ4v) is 4.90. The molecule has 0 aromatic heterocycles. The van der Waals surface area contributed by atoms with Crippen molar-refractivity contribution >= 4 is 50.9 Å². The van der Waals surface area contributed by atoms with E-state index in [4.69, 9.17) is 23.2 Å². The molecule has 0 saturated carbocycles. The first-order valence-electron chi connectivity index (χ1n) is 11.8. The molecule has 0 fully saturated rings. The zero-order chi connectivity index (χ0) is 27.9. The molecule has 0 aliphatic heterocycles. The van der Waals surface area contributed by atoms with Gasteiger partial charge in [0.15, 0.2) is 0 Å². The van der Waals surface area contributed by atoms with Gasteiger partial charge in [-0.05, 0) is 61.7 Å². The predicted octanol–water partition coefficient (Wildman–Crippen LogP) is 4.47. The van der Waals surface area contributed by atoms with Gasteiger partial charge in [-0.25, -0.2) is 8.70 Å². The predicted molar refractivity (Wildman–Crippen MR) is 145 cm³/mol. The van der Waals surface area contributed by atoms with Gasteiger partial charge < -0.3 is 10.2 Å². The molecule has 2 aromatic rings. The van der Waals surface area contributed by atoms with Gasteiger partial charge in [0.25, 0.3) is 0 Å². The highest BCUT2D eigenvalue weighted by molar-refractivity contribution is 7.90. The molecule has 0 aliphatic carbocycles. The van der Waals surface area contributed by atoms with Gasteiger partial charge in [-0.3, -0.25) is 9.59 Å². The lowest BCUT2D eigenvalue weighted by atomic mass is 10.1. The van der Waals surface area contributed by atoms with Gasteiger partial charge in [-0.2, -0.15) is 12.7 Å². The second kappa shape index (κ2) is 13.4. The van der Waals surface area contributed by atoms with E-state index in [1.807, 2.05) is 13.8 Å². The van der Waals surface area contributed by atoms with E-state index in [2.05, 4.69) is 5.32 Å². The largest absolute Gasteiger partial charge is 0.352 e. The van der Waals surface area contributed by atoms with Crippen molar-refractivity contribution in [3.05, 3.63) is 63.9 Å². The van der Waals surface area contributed by atoms with Crippen LogP contribution in [-0.2, 0) is 26.3 Å². The molecule has 0 unspecified atom stereocenters. The average Bonchev–Trinajstić information content (AvgIpc) is 2.84. The summed E-state index contributed by atoms with van der Waals surface area (Å²) in [6.07, 6.45) is 0.981. The Labute approximate surface area is 228 Å². The Hall–Kier alpha value is -2.40. The Kier molecular flexibility index (Phi) is 11.2. The van der Waals surface area contributed by atoms with Crippen molar-refractivity contribution in [1.29, 1.82) is 0 Å². The zero-order valence-corrected chi connectivity index (χ0v) is 23.9. The number of nitrogens with zero attached hydrogens (tertiary/aromatic N) is 3. The van der Waals surface area contributed by atoms with E-state index in [1.165, 1.54) is 31.1 Å². The van der Waals surface area contributed by atoms with E-state index in [1.54, 1.807) is 25.1 Å². The van der Waals surface area contributed by atoms with E-state index < -0.39 is 34.5 Å². The normalized spacial score (nSPS) is 13.2. The van der Waals surface area contributed by atoms with Crippen molar-refractivity contribution in [2.45, 2.75) is 52.2 Å². The molecular weight excluding hydrogens is 542 g/mol. The van der Waals surface area contributed by atoms with Crippen molar-refractivity contribution in [2.24, 2.45) is 0 Å². The molecule has 1 N–H and O–H groups in total. The summed E-state index contributed by atoms with van der Waals surface area (Å²) in [5, 5.41) is 3.52. The number of nitrogens with one attached hydrogen (secondary N) is 1. The van der Waals surface area contributed by atoms with Crippen LogP contribution in [0.2, 0.25) is 10.0 Å². The lowest BCUT2D eigenvalue weighted by Gasteiger charge is -2.34. The maximum Gasteiger partial charge on any atom is 0.304 e. The van der Waals surface area contributed by atoms with Gasteiger partial charge in [-0.1, -0.05) is 43.1 Å². The van der Waals surface area contributed by atoms with E-state index in [-0.39, 0.29) is 35.6 Å². The van der Waals surface area contributed by atoms with Gasteiger partial charge in [0.05, 0.1) is 15.7 Å². The third-order valence-corrected chi connectivity index (χ3v) is 8.42. The van der Waals surface area contributed by atoms with Crippen LogP contribution in [0.3, 0.4) is 0 Å². The topological polar surface area (TPSA) is 90.0 Å². The zero-order valence-electron chi connectivity index (χ0n) is 21.5. The molecule has 0 heterocycles. The van der Waals surface area contributed by atoms with Crippen molar-refractivity contribution in [2.75, 3.05) is 24.9 Å². The number of benzene rings is 2. The van der Waals surface area contributed by atoms with Crippen LogP contribution < -0.4 is 9.62 Å². The molecule has 0 saturated heterocycles.